The minimum absolute atomic E-state index is 0.00554. The number of nitrogen functional groups attached to an aromatic ring is 1. The van der Waals surface area contributed by atoms with Crippen LogP contribution in [0.2, 0.25) is 0 Å². The number of sulfonamides is 1. The highest BCUT2D eigenvalue weighted by atomic mass is 32.2. The van der Waals surface area contributed by atoms with E-state index in [9.17, 15) is 21.6 Å². The van der Waals surface area contributed by atoms with Crippen molar-refractivity contribution in [3.05, 3.63) is 35.8 Å². The fraction of sp³-hybridized carbons (Fsp3) is 0.500. The predicted molar refractivity (Wildman–Crippen MR) is 125 cm³/mol. The van der Waals surface area contributed by atoms with E-state index in [2.05, 4.69) is 38.5 Å². The molecule has 1 aromatic carbocycles. The lowest BCUT2D eigenvalue weighted by molar-refractivity contribution is -0.145. The summed E-state index contributed by atoms with van der Waals surface area (Å²) in [6, 6.07) is 4.78. The zero-order chi connectivity index (χ0) is 25.8. The molecule has 0 aliphatic carbocycles. The summed E-state index contributed by atoms with van der Waals surface area (Å²) in [4.78, 5) is 9.58. The molecule has 2 aromatic heterocycles. The molecule has 1 aliphatic heterocycles. The standard InChI is InChI=1S/C22H28F3N7O2S/c1-13(2)31-9-5-8-21(4,12-31)30-35(33,34)15-7-6-14(3)16(10-15)17-11-27-19-18(26)28-20(22(23,24)25)29-32(17)19/h6-7,10-11,13,30H,5,8-9,12H2,1-4H3,(H2,26,28,29). The summed E-state index contributed by atoms with van der Waals surface area (Å²) in [6.07, 6.45) is -1.96. The van der Waals surface area contributed by atoms with Crippen molar-refractivity contribution in [2.45, 2.75) is 63.2 Å². The molecule has 13 heteroatoms. The van der Waals surface area contributed by atoms with Gasteiger partial charge in [0.2, 0.25) is 10.0 Å². The Hall–Kier alpha value is -2.77. The second-order valence-corrected chi connectivity index (χ2v) is 11.2. The van der Waals surface area contributed by atoms with E-state index in [1.54, 1.807) is 13.0 Å². The maximum atomic E-state index is 13.4. The van der Waals surface area contributed by atoms with Crippen LogP contribution in [-0.4, -0.2) is 57.6 Å². The zero-order valence-corrected chi connectivity index (χ0v) is 20.7. The van der Waals surface area contributed by atoms with Crippen LogP contribution in [0.5, 0.6) is 0 Å². The Morgan fingerprint density at radius 1 is 1.26 bits per heavy atom. The summed E-state index contributed by atoms with van der Waals surface area (Å²) in [5.41, 5.74) is 6.15. The molecule has 1 fully saturated rings. The highest BCUT2D eigenvalue weighted by Gasteiger charge is 2.37. The van der Waals surface area contributed by atoms with Crippen LogP contribution in [0.15, 0.2) is 29.3 Å². The molecule has 35 heavy (non-hydrogen) atoms. The molecule has 190 valence electrons. The summed E-state index contributed by atoms with van der Waals surface area (Å²) in [7, 11) is -3.93. The van der Waals surface area contributed by atoms with Gasteiger partial charge in [0.1, 0.15) is 0 Å². The number of nitrogens with zero attached hydrogens (tertiary/aromatic N) is 5. The summed E-state index contributed by atoms with van der Waals surface area (Å²) in [5.74, 6) is -1.84. The minimum atomic E-state index is -4.81. The number of anilines is 1. The van der Waals surface area contributed by atoms with Crippen molar-refractivity contribution in [3.8, 4) is 11.3 Å². The first-order valence-corrected chi connectivity index (χ1v) is 12.7. The number of aromatic nitrogens is 4. The molecule has 1 unspecified atom stereocenters. The van der Waals surface area contributed by atoms with Gasteiger partial charge >= 0.3 is 6.18 Å². The van der Waals surface area contributed by atoms with E-state index in [1.165, 1.54) is 18.3 Å². The molecule has 0 spiro atoms. The van der Waals surface area contributed by atoms with Gasteiger partial charge in [0.15, 0.2) is 11.5 Å². The average molecular weight is 512 g/mol. The first kappa shape index (κ1) is 25.3. The third-order valence-corrected chi connectivity index (χ3v) is 7.91. The van der Waals surface area contributed by atoms with Crippen LogP contribution in [0.4, 0.5) is 19.0 Å². The Kier molecular flexibility index (Phi) is 6.31. The molecule has 1 atom stereocenters. The highest BCUT2D eigenvalue weighted by molar-refractivity contribution is 7.89. The van der Waals surface area contributed by atoms with Crippen molar-refractivity contribution in [3.63, 3.8) is 0 Å². The summed E-state index contributed by atoms with van der Waals surface area (Å²) in [6.45, 7) is 9.23. The molecular weight excluding hydrogens is 483 g/mol. The van der Waals surface area contributed by atoms with Crippen LogP contribution in [0.25, 0.3) is 16.9 Å². The Labute approximate surface area is 201 Å². The first-order valence-electron chi connectivity index (χ1n) is 11.2. The van der Waals surface area contributed by atoms with Crippen molar-refractivity contribution >= 4 is 21.5 Å². The van der Waals surface area contributed by atoms with Gasteiger partial charge in [-0.2, -0.15) is 13.2 Å². The molecule has 3 heterocycles. The molecule has 9 nitrogen and oxygen atoms in total. The van der Waals surface area contributed by atoms with Gasteiger partial charge < -0.3 is 5.73 Å². The second-order valence-electron chi connectivity index (χ2n) is 9.51. The predicted octanol–water partition coefficient (Wildman–Crippen LogP) is 3.24. The number of hydrogen-bond donors (Lipinski definition) is 2. The van der Waals surface area contributed by atoms with Gasteiger partial charge in [-0.1, -0.05) is 6.07 Å². The number of piperidine rings is 1. The lowest BCUT2D eigenvalue weighted by Crippen LogP contribution is -2.57. The first-order chi connectivity index (χ1) is 16.2. The topological polar surface area (TPSA) is 119 Å². The minimum Gasteiger partial charge on any atom is -0.380 e. The van der Waals surface area contributed by atoms with Crippen molar-refractivity contribution < 1.29 is 21.6 Å². The van der Waals surface area contributed by atoms with E-state index in [0.29, 0.717) is 24.1 Å². The van der Waals surface area contributed by atoms with Gasteiger partial charge in [-0.15, -0.1) is 5.10 Å². The number of halogens is 3. The van der Waals surface area contributed by atoms with Crippen LogP contribution < -0.4 is 10.5 Å². The molecule has 1 saturated heterocycles. The van der Waals surface area contributed by atoms with Gasteiger partial charge in [-0.3, -0.25) is 4.90 Å². The van der Waals surface area contributed by atoms with Crippen LogP contribution >= 0.6 is 0 Å². The smallest absolute Gasteiger partial charge is 0.380 e. The Morgan fingerprint density at radius 2 is 1.97 bits per heavy atom. The number of nitrogens with two attached hydrogens (primary N) is 1. The maximum Gasteiger partial charge on any atom is 0.453 e. The Bertz CT molecular complexity index is 1370. The lowest BCUT2D eigenvalue weighted by atomic mass is 9.92. The Balaban J connectivity index is 1.74. The fourth-order valence-corrected chi connectivity index (χ4v) is 5.89. The SMILES string of the molecule is Cc1ccc(S(=O)(=O)NC2(C)CCCN(C(C)C)C2)cc1-c1cnc2c(N)nc(C(F)(F)F)nn12. The molecule has 4 rings (SSSR count). The third kappa shape index (κ3) is 4.98. The zero-order valence-electron chi connectivity index (χ0n) is 19.9. The number of imidazole rings is 1. The number of fused-ring (bicyclic) bond motifs is 1. The number of alkyl halides is 3. The molecule has 0 bridgehead atoms. The molecule has 0 saturated carbocycles. The number of aryl methyl sites for hydroxylation is 1. The molecule has 1 aliphatic rings. The molecular formula is C22H28F3N7O2S. The maximum absolute atomic E-state index is 13.4. The molecule has 3 N–H and O–H groups in total. The normalized spacial score (nSPS) is 20.1. The number of benzene rings is 1. The molecule has 3 aromatic rings. The van der Waals surface area contributed by atoms with Gasteiger partial charge in [0.05, 0.1) is 16.8 Å². The van der Waals surface area contributed by atoms with Crippen molar-refractivity contribution in [1.29, 1.82) is 0 Å². The van der Waals surface area contributed by atoms with Crippen LogP contribution in [0.3, 0.4) is 0 Å². The number of rotatable bonds is 5. The van der Waals surface area contributed by atoms with Crippen LogP contribution in [-0.2, 0) is 16.2 Å². The summed E-state index contributed by atoms with van der Waals surface area (Å²) in [5, 5.41) is 3.57. The van der Waals surface area contributed by atoms with E-state index < -0.39 is 33.4 Å². The van der Waals surface area contributed by atoms with Gasteiger partial charge in [-0.05, 0) is 64.8 Å². The van der Waals surface area contributed by atoms with Crippen LogP contribution in [0.1, 0.15) is 45.0 Å². The van der Waals surface area contributed by atoms with E-state index in [4.69, 9.17) is 5.73 Å². The lowest BCUT2D eigenvalue weighted by Gasteiger charge is -2.42. The van der Waals surface area contributed by atoms with Crippen molar-refractivity contribution in [2.75, 3.05) is 18.8 Å². The van der Waals surface area contributed by atoms with Gasteiger partial charge in [0.25, 0.3) is 5.82 Å². The van der Waals surface area contributed by atoms with Crippen LogP contribution in [0, 0.1) is 6.92 Å². The quantitative estimate of drug-likeness (QED) is 0.540. The Morgan fingerprint density at radius 3 is 2.63 bits per heavy atom. The average Bonchev–Trinajstić information content (AvgIpc) is 3.17. The van der Waals surface area contributed by atoms with Gasteiger partial charge in [0, 0.05) is 23.7 Å². The number of likely N-dealkylation sites (tertiary alicyclic amines) is 1. The third-order valence-electron chi connectivity index (χ3n) is 6.27. The van der Waals surface area contributed by atoms with Gasteiger partial charge in [-0.25, -0.2) is 27.6 Å². The summed E-state index contributed by atoms with van der Waals surface area (Å²) < 4.78 is 70.3. The van der Waals surface area contributed by atoms with Crippen molar-refractivity contribution in [2.24, 2.45) is 0 Å². The van der Waals surface area contributed by atoms with E-state index >= 15 is 0 Å². The monoisotopic (exact) mass is 511 g/mol. The van der Waals surface area contributed by atoms with E-state index in [-0.39, 0.29) is 22.3 Å². The number of hydrogen-bond acceptors (Lipinski definition) is 7. The van der Waals surface area contributed by atoms with E-state index in [0.717, 1.165) is 17.5 Å². The van der Waals surface area contributed by atoms with Crippen molar-refractivity contribution in [1.82, 2.24) is 29.2 Å². The second kappa shape index (κ2) is 8.71. The largest absolute Gasteiger partial charge is 0.453 e. The number of nitrogens with one attached hydrogen (secondary N) is 1. The molecule has 0 radical (unpaired) electrons. The fourth-order valence-electron chi connectivity index (χ4n) is 4.44. The molecule has 0 amide bonds. The van der Waals surface area contributed by atoms with E-state index in [1.807, 2.05) is 6.92 Å². The highest BCUT2D eigenvalue weighted by Crippen LogP contribution is 2.32. The summed E-state index contributed by atoms with van der Waals surface area (Å²) >= 11 is 0.